The van der Waals surface area contributed by atoms with Crippen LogP contribution in [0.1, 0.15) is 0 Å². The van der Waals surface area contributed by atoms with Gasteiger partial charge >= 0.3 is 31.1 Å². The van der Waals surface area contributed by atoms with Crippen LogP contribution in [0.3, 0.4) is 0 Å². The standard InChI is InChI=1S/C2H3N4.CH3.U/c1-6-2-3-4-5-6;;/h1H3;1H3;/q2*-1;+2. The molecule has 8 heavy (non-hydrogen) atoms. The number of rotatable bonds is 0. The van der Waals surface area contributed by atoms with Gasteiger partial charge < -0.3 is 17.2 Å². The molecular weight excluding hydrogens is 330 g/mol. The van der Waals surface area contributed by atoms with Crippen LogP contribution < -0.4 is 0 Å². The molecule has 0 fully saturated rings. The number of hydrogen-bond donors (Lipinski definition) is 0. The van der Waals surface area contributed by atoms with Gasteiger partial charge in [-0.15, -0.1) is 0 Å². The molecule has 5 heteroatoms. The largest absolute Gasteiger partial charge is 2.00 e. The Kier molecular flexibility index (Phi) is 7.23. The van der Waals surface area contributed by atoms with E-state index in [2.05, 4.69) is 21.9 Å². The molecule has 1 aromatic heterocycles. The molecule has 1 heterocycles. The van der Waals surface area contributed by atoms with E-state index in [0.29, 0.717) is 0 Å². The normalized spacial score (nSPS) is 6.62. The Morgan fingerprint density at radius 2 is 2.12 bits per heavy atom. The van der Waals surface area contributed by atoms with Crippen molar-refractivity contribution < 1.29 is 31.1 Å². The van der Waals surface area contributed by atoms with Gasteiger partial charge in [0.2, 0.25) is 0 Å². The van der Waals surface area contributed by atoms with Crippen molar-refractivity contribution in [3.8, 4) is 0 Å². The monoisotopic (exact) mass is 336 g/mol. The summed E-state index contributed by atoms with van der Waals surface area (Å²) in [6.45, 7) is 0. The molecule has 1 rings (SSSR count). The van der Waals surface area contributed by atoms with Gasteiger partial charge in [-0.25, -0.2) is 6.33 Å². The van der Waals surface area contributed by atoms with Crippen LogP contribution in [0.4, 0.5) is 0 Å². The van der Waals surface area contributed by atoms with Gasteiger partial charge in [0.1, 0.15) is 0 Å². The van der Waals surface area contributed by atoms with E-state index in [-0.39, 0.29) is 38.5 Å². The summed E-state index contributed by atoms with van der Waals surface area (Å²) in [6.07, 6.45) is 2.44. The van der Waals surface area contributed by atoms with E-state index in [1.165, 1.54) is 4.68 Å². The molecule has 0 atom stereocenters. The molecule has 4 nitrogen and oxygen atoms in total. The minimum atomic E-state index is 0. The second-order valence-electron chi connectivity index (χ2n) is 0.902. The third-order valence-corrected chi connectivity index (χ3v) is 0.408. The van der Waals surface area contributed by atoms with Crippen molar-refractivity contribution in [2.45, 2.75) is 0 Å². The average molecular weight is 336 g/mol. The summed E-state index contributed by atoms with van der Waals surface area (Å²) >= 11 is 0. The topological polar surface area (TPSA) is 43.6 Å². The van der Waals surface area contributed by atoms with Crippen LogP contribution in [0.5, 0.6) is 0 Å². The van der Waals surface area contributed by atoms with Crippen LogP contribution in [-0.4, -0.2) is 20.2 Å². The molecule has 0 bridgehead atoms. The van der Waals surface area contributed by atoms with Gasteiger partial charge in [-0.1, -0.05) is 10.4 Å². The molecule has 0 spiro atoms. The summed E-state index contributed by atoms with van der Waals surface area (Å²) in [6, 6.07) is 0. The third kappa shape index (κ3) is 3.17. The molecule has 1 aromatic rings. The number of aryl methyl sites for hydroxylation is 1. The van der Waals surface area contributed by atoms with Crippen LogP contribution >= 0.6 is 0 Å². The zero-order chi connectivity index (χ0) is 4.41. The van der Waals surface area contributed by atoms with Crippen LogP contribution in [0, 0.1) is 44.9 Å². The Labute approximate surface area is 72.0 Å². The van der Waals surface area contributed by atoms with E-state index in [0.717, 1.165) is 0 Å². The van der Waals surface area contributed by atoms with Crippen molar-refractivity contribution >= 4 is 0 Å². The Balaban J connectivity index is 0. The van der Waals surface area contributed by atoms with E-state index >= 15 is 0 Å². The Morgan fingerprint density at radius 3 is 2.25 bits per heavy atom. The molecule has 42 valence electrons. The fourth-order valence-electron chi connectivity index (χ4n) is 0.185. The zero-order valence-electron chi connectivity index (χ0n) is 4.79. The maximum absolute atomic E-state index is 3.42. The summed E-state index contributed by atoms with van der Waals surface area (Å²) < 4.78 is 1.40. The van der Waals surface area contributed by atoms with E-state index < -0.39 is 0 Å². The van der Waals surface area contributed by atoms with Gasteiger partial charge in [0, 0.05) is 0 Å². The van der Waals surface area contributed by atoms with E-state index in [9.17, 15) is 0 Å². The van der Waals surface area contributed by atoms with Gasteiger partial charge in [-0.2, -0.15) is 0 Å². The summed E-state index contributed by atoms with van der Waals surface area (Å²) in [7, 11) is 1.71. The smallest absolute Gasteiger partial charge is 0.410 e. The molecule has 0 unspecified atom stereocenters. The maximum Gasteiger partial charge on any atom is 2.00 e. The molecule has 0 N–H and O–H groups in total. The SMILES string of the molecule is Cn1[c-]nnn1.[CH3-].[U+2]. The number of hydrogen-bond acceptors (Lipinski definition) is 3. The first kappa shape index (κ1) is 11.0. The fourth-order valence-corrected chi connectivity index (χ4v) is 0.185. The molecular formula is C3H6N4U. The second kappa shape index (κ2) is 5.26. The first-order valence-electron chi connectivity index (χ1n) is 1.49. The number of aromatic nitrogens is 4. The van der Waals surface area contributed by atoms with E-state index in [1.54, 1.807) is 7.05 Å². The van der Waals surface area contributed by atoms with Crippen molar-refractivity contribution in [3.05, 3.63) is 13.8 Å². The van der Waals surface area contributed by atoms with Crippen LogP contribution in [0.2, 0.25) is 0 Å². The summed E-state index contributed by atoms with van der Waals surface area (Å²) in [5.74, 6) is 0. The molecule has 0 radical (unpaired) electrons. The minimum absolute atomic E-state index is 0. The fraction of sp³-hybridized carbons (Fsp3) is 0.333. The predicted molar refractivity (Wildman–Crippen MR) is 24.0 cm³/mol. The summed E-state index contributed by atoms with van der Waals surface area (Å²) in [4.78, 5) is 0. The van der Waals surface area contributed by atoms with Crippen molar-refractivity contribution in [1.29, 1.82) is 0 Å². The molecule has 0 saturated heterocycles. The van der Waals surface area contributed by atoms with Gasteiger partial charge in [0.05, 0.1) is 0 Å². The van der Waals surface area contributed by atoms with E-state index in [1.807, 2.05) is 0 Å². The summed E-state index contributed by atoms with van der Waals surface area (Å²) in [5, 5.41) is 9.94. The molecule has 0 aliphatic heterocycles. The van der Waals surface area contributed by atoms with Crippen molar-refractivity contribution in [1.82, 2.24) is 20.2 Å². The van der Waals surface area contributed by atoms with Crippen LogP contribution in [0.15, 0.2) is 0 Å². The van der Waals surface area contributed by atoms with Crippen LogP contribution in [0.25, 0.3) is 0 Å². The first-order chi connectivity index (χ1) is 2.89. The number of tetrazole rings is 1. The summed E-state index contributed by atoms with van der Waals surface area (Å²) in [5.41, 5.74) is 0. The van der Waals surface area contributed by atoms with Gasteiger partial charge in [0.25, 0.3) is 0 Å². The first-order valence-corrected chi connectivity index (χ1v) is 1.49. The van der Waals surface area contributed by atoms with Gasteiger partial charge in [0.15, 0.2) is 0 Å². The van der Waals surface area contributed by atoms with Crippen molar-refractivity contribution in [2.75, 3.05) is 0 Å². The van der Waals surface area contributed by atoms with Crippen molar-refractivity contribution in [2.24, 2.45) is 7.05 Å². The molecule has 0 aliphatic rings. The Morgan fingerprint density at radius 1 is 1.50 bits per heavy atom. The second-order valence-corrected chi connectivity index (χ2v) is 0.902. The zero-order valence-corrected chi connectivity index (χ0v) is 8.95. The third-order valence-electron chi connectivity index (χ3n) is 0.408. The molecule has 0 amide bonds. The quantitative estimate of drug-likeness (QED) is 0.598. The maximum atomic E-state index is 3.42. The predicted octanol–water partition coefficient (Wildman–Crippen LogP) is -0.539. The van der Waals surface area contributed by atoms with E-state index in [4.69, 9.17) is 0 Å². The van der Waals surface area contributed by atoms with Crippen molar-refractivity contribution in [3.63, 3.8) is 0 Å². The average Bonchev–Trinajstić information content (AvgIpc) is 1.86. The Bertz CT molecular complexity index is 115. The van der Waals surface area contributed by atoms with Crippen LogP contribution in [-0.2, 0) is 7.05 Å². The molecule has 0 saturated carbocycles. The van der Waals surface area contributed by atoms with Gasteiger partial charge in [-0.3, -0.25) is 0 Å². The van der Waals surface area contributed by atoms with Gasteiger partial charge in [-0.05, 0) is 7.05 Å². The Hall–Kier alpha value is 0.122. The number of nitrogens with zero attached hydrogens (tertiary/aromatic N) is 4. The molecule has 0 aliphatic carbocycles. The molecule has 0 aromatic carbocycles. The minimum Gasteiger partial charge on any atom is -0.410 e.